The molecule has 0 radical (unpaired) electrons. The Kier molecular flexibility index (Phi) is 7.68. The van der Waals surface area contributed by atoms with Crippen LogP contribution < -0.4 is 5.32 Å². The molecule has 1 unspecified atom stereocenters. The molecule has 0 bridgehead atoms. The number of hydrogen-bond acceptors (Lipinski definition) is 3. The number of aromatic nitrogens is 2. The fraction of sp³-hybridized carbons (Fsp3) is 0.750. The molecule has 1 saturated heterocycles. The first kappa shape index (κ1) is 21.3. The first-order valence-electron chi connectivity index (χ1n) is 10.0. The van der Waals surface area contributed by atoms with Gasteiger partial charge in [0.2, 0.25) is 5.91 Å². The van der Waals surface area contributed by atoms with E-state index >= 15 is 0 Å². The monoisotopic (exact) mass is 376 g/mol. The number of piperidine rings is 1. The molecular weight excluding hydrogens is 340 g/mol. The lowest BCUT2D eigenvalue weighted by molar-refractivity contribution is -0.132. The molecule has 7 nitrogen and oxygen atoms in total. The lowest BCUT2D eigenvalue weighted by Gasteiger charge is -2.31. The van der Waals surface area contributed by atoms with Gasteiger partial charge in [0.25, 0.3) is 0 Å². The normalized spacial score (nSPS) is 18.1. The van der Waals surface area contributed by atoms with Crippen LogP contribution in [0.5, 0.6) is 0 Å². The Morgan fingerprint density at radius 2 is 2.22 bits per heavy atom. The van der Waals surface area contributed by atoms with Gasteiger partial charge in [-0.15, -0.1) is 0 Å². The van der Waals surface area contributed by atoms with E-state index in [0.29, 0.717) is 24.8 Å². The topological polar surface area (TPSA) is 65.8 Å². The lowest BCUT2D eigenvalue weighted by Crippen LogP contribution is -2.43. The molecule has 0 saturated carbocycles. The summed E-state index contributed by atoms with van der Waals surface area (Å²) in [6, 6.07) is 0. The number of hydrogen-bond donors (Lipinski definition) is 1. The third kappa shape index (κ3) is 5.97. The van der Waals surface area contributed by atoms with Crippen molar-refractivity contribution in [1.82, 2.24) is 24.9 Å². The van der Waals surface area contributed by atoms with Crippen LogP contribution in [0.2, 0.25) is 0 Å². The number of guanidine groups is 1. The van der Waals surface area contributed by atoms with E-state index in [-0.39, 0.29) is 5.91 Å². The average molecular weight is 377 g/mol. The zero-order valence-electron chi connectivity index (χ0n) is 17.8. The van der Waals surface area contributed by atoms with Gasteiger partial charge >= 0.3 is 0 Å². The first-order valence-corrected chi connectivity index (χ1v) is 10.0. The summed E-state index contributed by atoms with van der Waals surface area (Å²) < 4.78 is 1.87. The van der Waals surface area contributed by atoms with Crippen molar-refractivity contribution >= 4 is 11.9 Å². The molecule has 1 atom stereocenters. The van der Waals surface area contributed by atoms with Crippen LogP contribution in [0.1, 0.15) is 57.2 Å². The van der Waals surface area contributed by atoms with E-state index in [0.717, 1.165) is 37.7 Å². The summed E-state index contributed by atoms with van der Waals surface area (Å²) >= 11 is 0. The predicted octanol–water partition coefficient (Wildman–Crippen LogP) is 2.20. The number of carbonyl (C=O) groups is 1. The molecule has 7 heteroatoms. The maximum atomic E-state index is 12.4. The minimum absolute atomic E-state index is 0.238. The number of nitrogens with zero attached hydrogens (tertiary/aromatic N) is 5. The van der Waals surface area contributed by atoms with Crippen molar-refractivity contribution in [2.24, 2.45) is 18.0 Å². The summed E-state index contributed by atoms with van der Waals surface area (Å²) in [6.07, 6.45) is 4.92. The highest BCUT2D eigenvalue weighted by Gasteiger charge is 2.21. The molecular formula is C20H36N6O. The summed E-state index contributed by atoms with van der Waals surface area (Å²) in [7, 11) is 5.75. The molecule has 2 rings (SSSR count). The molecule has 0 spiro atoms. The molecule has 27 heavy (non-hydrogen) atoms. The van der Waals surface area contributed by atoms with Crippen LogP contribution in [-0.4, -0.2) is 65.2 Å². The van der Waals surface area contributed by atoms with Crippen molar-refractivity contribution < 1.29 is 4.79 Å². The summed E-state index contributed by atoms with van der Waals surface area (Å²) in [5.74, 6) is 2.04. The number of nitrogens with one attached hydrogen (secondary N) is 1. The molecule has 1 aromatic heterocycles. The van der Waals surface area contributed by atoms with Gasteiger partial charge in [0.15, 0.2) is 5.96 Å². The minimum Gasteiger partial charge on any atom is -0.356 e. The summed E-state index contributed by atoms with van der Waals surface area (Å²) in [5, 5.41) is 7.90. The van der Waals surface area contributed by atoms with E-state index in [1.165, 1.54) is 12.0 Å². The quantitative estimate of drug-likeness (QED) is 0.611. The van der Waals surface area contributed by atoms with Crippen LogP contribution >= 0.6 is 0 Å². The van der Waals surface area contributed by atoms with Crippen LogP contribution in [0.4, 0.5) is 0 Å². The SMILES string of the molecule is CN=C(NCCC(=O)N1CCCC(C)C1)N(C)Cc1cn(C)nc1C(C)C. The molecule has 0 aliphatic carbocycles. The molecule has 1 fully saturated rings. The standard InChI is InChI=1S/C20H36N6O/c1-15(2)19-17(14-25(6)23-19)13-24(5)20(21-4)22-10-9-18(27)26-11-7-8-16(3)12-26/h14-16H,7-13H2,1-6H3,(H,21,22). The smallest absolute Gasteiger partial charge is 0.224 e. The largest absolute Gasteiger partial charge is 0.356 e. The third-order valence-corrected chi connectivity index (χ3v) is 5.10. The zero-order valence-corrected chi connectivity index (χ0v) is 17.8. The van der Waals surface area contributed by atoms with Crippen molar-refractivity contribution in [2.45, 2.75) is 52.5 Å². The molecule has 1 aromatic rings. The Balaban J connectivity index is 1.85. The van der Waals surface area contributed by atoms with E-state index in [2.05, 4.69) is 47.3 Å². The van der Waals surface area contributed by atoms with Gasteiger partial charge in [0, 0.05) is 65.5 Å². The third-order valence-electron chi connectivity index (χ3n) is 5.10. The van der Waals surface area contributed by atoms with E-state index in [4.69, 9.17) is 0 Å². The van der Waals surface area contributed by atoms with E-state index in [1.807, 2.05) is 23.7 Å². The lowest BCUT2D eigenvalue weighted by atomic mass is 10.00. The highest BCUT2D eigenvalue weighted by molar-refractivity contribution is 5.81. The molecule has 1 N–H and O–H groups in total. The number of likely N-dealkylation sites (tertiary alicyclic amines) is 1. The van der Waals surface area contributed by atoms with Crippen LogP contribution in [0.15, 0.2) is 11.2 Å². The second kappa shape index (κ2) is 9.76. The summed E-state index contributed by atoms with van der Waals surface area (Å²) in [4.78, 5) is 20.9. The van der Waals surface area contributed by atoms with Gasteiger partial charge in [-0.25, -0.2) is 0 Å². The van der Waals surface area contributed by atoms with Crippen LogP contribution in [0, 0.1) is 5.92 Å². The van der Waals surface area contributed by atoms with Gasteiger partial charge in [0.05, 0.1) is 5.69 Å². The molecule has 152 valence electrons. The Hall–Kier alpha value is -2.05. The van der Waals surface area contributed by atoms with Crippen LogP contribution in [-0.2, 0) is 18.4 Å². The van der Waals surface area contributed by atoms with Crippen molar-refractivity contribution in [1.29, 1.82) is 0 Å². The van der Waals surface area contributed by atoms with E-state index < -0.39 is 0 Å². The van der Waals surface area contributed by atoms with Crippen molar-refractivity contribution in [3.8, 4) is 0 Å². The van der Waals surface area contributed by atoms with Gasteiger partial charge < -0.3 is 15.1 Å². The summed E-state index contributed by atoms with van der Waals surface area (Å²) in [5.41, 5.74) is 2.32. The van der Waals surface area contributed by atoms with Crippen LogP contribution in [0.25, 0.3) is 0 Å². The van der Waals surface area contributed by atoms with Gasteiger partial charge in [-0.2, -0.15) is 5.10 Å². The number of amides is 1. The minimum atomic E-state index is 0.238. The van der Waals surface area contributed by atoms with Gasteiger partial charge in [-0.3, -0.25) is 14.5 Å². The van der Waals surface area contributed by atoms with Gasteiger partial charge in [0.1, 0.15) is 0 Å². The fourth-order valence-corrected chi connectivity index (χ4v) is 3.73. The maximum absolute atomic E-state index is 12.4. The Morgan fingerprint density at radius 1 is 1.48 bits per heavy atom. The van der Waals surface area contributed by atoms with Crippen molar-refractivity contribution in [2.75, 3.05) is 33.7 Å². The number of aliphatic imine (C=N–C) groups is 1. The molecule has 1 aliphatic rings. The first-order chi connectivity index (χ1) is 12.8. The number of aryl methyl sites for hydroxylation is 1. The van der Waals surface area contributed by atoms with Crippen molar-refractivity contribution in [3.05, 3.63) is 17.5 Å². The van der Waals surface area contributed by atoms with E-state index in [9.17, 15) is 4.79 Å². The zero-order chi connectivity index (χ0) is 20.0. The number of carbonyl (C=O) groups excluding carboxylic acids is 1. The average Bonchev–Trinajstić information content (AvgIpc) is 2.99. The molecule has 0 aromatic carbocycles. The summed E-state index contributed by atoms with van der Waals surface area (Å²) in [6.45, 7) is 9.67. The molecule has 1 aliphatic heterocycles. The fourth-order valence-electron chi connectivity index (χ4n) is 3.73. The van der Waals surface area contributed by atoms with E-state index in [1.54, 1.807) is 7.05 Å². The van der Waals surface area contributed by atoms with Crippen LogP contribution in [0.3, 0.4) is 0 Å². The predicted molar refractivity (Wildman–Crippen MR) is 110 cm³/mol. The van der Waals surface area contributed by atoms with Crippen molar-refractivity contribution in [3.63, 3.8) is 0 Å². The van der Waals surface area contributed by atoms with Gasteiger partial charge in [-0.05, 0) is 24.7 Å². The highest BCUT2D eigenvalue weighted by Crippen LogP contribution is 2.19. The van der Waals surface area contributed by atoms with Gasteiger partial charge in [-0.1, -0.05) is 20.8 Å². The molecule has 1 amide bonds. The Labute approximate surface area is 163 Å². The Morgan fingerprint density at radius 3 is 2.85 bits per heavy atom. The molecule has 2 heterocycles. The highest BCUT2D eigenvalue weighted by atomic mass is 16.2. The second-order valence-electron chi connectivity index (χ2n) is 8.04. The number of rotatable bonds is 6. The second-order valence-corrected chi connectivity index (χ2v) is 8.04. The maximum Gasteiger partial charge on any atom is 0.224 e. The Bertz CT molecular complexity index is 651.